The number of benzene rings is 2. The van der Waals surface area contributed by atoms with Gasteiger partial charge in [0.2, 0.25) is 0 Å². The number of ketones is 1. The van der Waals surface area contributed by atoms with E-state index in [0.29, 0.717) is 0 Å². The van der Waals surface area contributed by atoms with Gasteiger partial charge in [-0.25, -0.2) is 0 Å². The molecule has 1 nitrogen and oxygen atoms in total. The van der Waals surface area contributed by atoms with Crippen LogP contribution in [-0.2, 0) is 4.79 Å². The van der Waals surface area contributed by atoms with Crippen molar-refractivity contribution in [1.82, 2.24) is 0 Å². The van der Waals surface area contributed by atoms with Crippen molar-refractivity contribution in [3.8, 4) is 0 Å². The third kappa shape index (κ3) is 2.03. The molecule has 2 aromatic rings. The van der Waals surface area contributed by atoms with Crippen molar-refractivity contribution < 1.29 is 4.79 Å². The Balaban J connectivity index is 2.65. The first-order chi connectivity index (χ1) is 7.68. The Labute approximate surface area is 95.4 Å². The molecule has 0 bridgehead atoms. The molecule has 0 aliphatic carbocycles. The van der Waals surface area contributed by atoms with Crippen molar-refractivity contribution in [3.05, 3.63) is 54.1 Å². The Morgan fingerprint density at radius 3 is 2.44 bits per heavy atom. The summed E-state index contributed by atoms with van der Waals surface area (Å²) in [6.45, 7) is 3.55. The summed E-state index contributed by atoms with van der Waals surface area (Å²) in [7, 11) is 0. The second-order valence-corrected chi connectivity index (χ2v) is 3.96. The van der Waals surface area contributed by atoms with Crippen LogP contribution in [0.25, 0.3) is 16.3 Å². The van der Waals surface area contributed by atoms with E-state index in [4.69, 9.17) is 0 Å². The summed E-state index contributed by atoms with van der Waals surface area (Å²) in [4.78, 5) is 11.1. The van der Waals surface area contributed by atoms with Gasteiger partial charge in [-0.2, -0.15) is 0 Å². The summed E-state index contributed by atoms with van der Waals surface area (Å²) < 4.78 is 0. The number of allylic oxidation sites excluding steroid dienone is 2. The Morgan fingerprint density at radius 2 is 1.69 bits per heavy atom. The highest BCUT2D eigenvalue weighted by Crippen LogP contribution is 2.24. The Bertz CT molecular complexity index is 559. The molecule has 0 radical (unpaired) electrons. The Kier molecular flexibility index (Phi) is 2.86. The zero-order valence-electron chi connectivity index (χ0n) is 9.53. The van der Waals surface area contributed by atoms with Gasteiger partial charge in [-0.05, 0) is 41.8 Å². The summed E-state index contributed by atoms with van der Waals surface area (Å²) in [5.41, 5.74) is 2.15. The molecule has 0 fully saturated rings. The van der Waals surface area contributed by atoms with E-state index in [1.54, 1.807) is 13.0 Å². The molecule has 1 heteroatoms. The fraction of sp³-hybridized carbons (Fsp3) is 0.133. The second-order valence-electron chi connectivity index (χ2n) is 3.96. The highest BCUT2D eigenvalue weighted by molar-refractivity contribution is 6.00. The maximum absolute atomic E-state index is 11.1. The van der Waals surface area contributed by atoms with Gasteiger partial charge in [-0.1, -0.05) is 42.5 Å². The predicted molar refractivity (Wildman–Crippen MR) is 68.3 cm³/mol. The number of fused-ring (bicyclic) bond motifs is 1. The third-order valence-electron chi connectivity index (χ3n) is 2.63. The van der Waals surface area contributed by atoms with Gasteiger partial charge >= 0.3 is 0 Å². The normalized spacial score (nSPS) is 11.8. The van der Waals surface area contributed by atoms with Crippen LogP contribution in [0.15, 0.2) is 48.5 Å². The van der Waals surface area contributed by atoms with Gasteiger partial charge in [-0.15, -0.1) is 0 Å². The van der Waals surface area contributed by atoms with E-state index in [-0.39, 0.29) is 5.78 Å². The van der Waals surface area contributed by atoms with Crippen LogP contribution < -0.4 is 0 Å². The van der Waals surface area contributed by atoms with Crippen LogP contribution in [0.1, 0.15) is 19.4 Å². The molecule has 0 heterocycles. The fourth-order valence-electron chi connectivity index (χ4n) is 1.95. The highest BCUT2D eigenvalue weighted by atomic mass is 16.1. The highest BCUT2D eigenvalue weighted by Gasteiger charge is 2.02. The van der Waals surface area contributed by atoms with E-state index >= 15 is 0 Å². The average molecular weight is 210 g/mol. The lowest BCUT2D eigenvalue weighted by atomic mass is 9.98. The molecule has 0 amide bonds. The first-order valence-electron chi connectivity index (χ1n) is 5.35. The van der Waals surface area contributed by atoms with Crippen LogP contribution in [0.5, 0.6) is 0 Å². The van der Waals surface area contributed by atoms with Crippen molar-refractivity contribution in [2.75, 3.05) is 0 Å². The van der Waals surface area contributed by atoms with E-state index in [1.165, 1.54) is 10.8 Å². The third-order valence-corrected chi connectivity index (χ3v) is 2.63. The van der Waals surface area contributed by atoms with Gasteiger partial charge in [0.1, 0.15) is 0 Å². The molecule has 0 N–H and O–H groups in total. The maximum atomic E-state index is 11.1. The largest absolute Gasteiger partial charge is 0.295 e. The minimum atomic E-state index is 0.0884. The van der Waals surface area contributed by atoms with Gasteiger partial charge in [0.05, 0.1) is 0 Å². The molecule has 16 heavy (non-hydrogen) atoms. The lowest BCUT2D eigenvalue weighted by molar-refractivity contribution is -0.112. The minimum Gasteiger partial charge on any atom is -0.295 e. The summed E-state index contributed by atoms with van der Waals surface area (Å²) in [5.74, 6) is 0.0884. The molecule has 80 valence electrons. The topological polar surface area (TPSA) is 17.1 Å². The molecule has 2 aromatic carbocycles. The number of carbonyl (C=O) groups excluding carboxylic acids is 1. The average Bonchev–Trinajstić information content (AvgIpc) is 2.27. The quantitative estimate of drug-likeness (QED) is 0.688. The molecule has 0 aliphatic heterocycles. The van der Waals surface area contributed by atoms with Crippen LogP contribution >= 0.6 is 0 Å². The lowest BCUT2D eigenvalue weighted by Gasteiger charge is -2.06. The van der Waals surface area contributed by atoms with Crippen LogP contribution in [0.3, 0.4) is 0 Å². The predicted octanol–water partition coefficient (Wildman–Crippen LogP) is 3.83. The smallest absolute Gasteiger partial charge is 0.152 e. The Morgan fingerprint density at radius 1 is 1.00 bits per heavy atom. The van der Waals surface area contributed by atoms with Gasteiger partial charge in [-0.3, -0.25) is 4.79 Å². The van der Waals surface area contributed by atoms with E-state index in [0.717, 1.165) is 11.1 Å². The zero-order valence-corrected chi connectivity index (χ0v) is 9.53. The number of carbonyl (C=O) groups is 1. The molecule has 0 aromatic heterocycles. The van der Waals surface area contributed by atoms with Gasteiger partial charge in [0.15, 0.2) is 5.78 Å². The summed E-state index contributed by atoms with van der Waals surface area (Å²) >= 11 is 0. The van der Waals surface area contributed by atoms with E-state index in [9.17, 15) is 4.79 Å². The van der Waals surface area contributed by atoms with Crippen LogP contribution in [0.2, 0.25) is 0 Å². The van der Waals surface area contributed by atoms with Crippen LogP contribution in [0, 0.1) is 0 Å². The summed E-state index contributed by atoms with van der Waals surface area (Å²) in [6, 6.07) is 14.4. The number of rotatable bonds is 2. The fourth-order valence-corrected chi connectivity index (χ4v) is 1.95. The monoisotopic (exact) mass is 210 g/mol. The number of hydrogen-bond acceptors (Lipinski definition) is 1. The SMILES string of the molecule is CC(=O)/C=C(\C)c1cccc2ccccc12. The van der Waals surface area contributed by atoms with Crippen molar-refractivity contribution in [1.29, 1.82) is 0 Å². The molecular formula is C15H14O. The van der Waals surface area contributed by atoms with Crippen LogP contribution in [-0.4, -0.2) is 5.78 Å². The number of hydrogen-bond donors (Lipinski definition) is 0. The first kappa shape index (κ1) is 10.6. The first-order valence-corrected chi connectivity index (χ1v) is 5.35. The Hall–Kier alpha value is -1.89. The van der Waals surface area contributed by atoms with E-state index in [1.807, 2.05) is 25.1 Å². The van der Waals surface area contributed by atoms with Gasteiger partial charge < -0.3 is 0 Å². The van der Waals surface area contributed by atoms with Gasteiger partial charge in [0.25, 0.3) is 0 Å². The second kappa shape index (κ2) is 4.31. The molecule has 0 atom stereocenters. The summed E-state index contributed by atoms with van der Waals surface area (Å²) in [5, 5.41) is 2.40. The molecule has 0 unspecified atom stereocenters. The molecular weight excluding hydrogens is 196 g/mol. The standard InChI is InChI=1S/C15H14O/c1-11(10-12(2)16)14-9-5-7-13-6-3-4-8-15(13)14/h3-10H,1-2H3/b11-10+. The van der Waals surface area contributed by atoms with Crippen molar-refractivity contribution in [2.45, 2.75) is 13.8 Å². The molecule has 0 spiro atoms. The minimum absolute atomic E-state index is 0.0884. The van der Waals surface area contributed by atoms with Crippen molar-refractivity contribution in [3.63, 3.8) is 0 Å². The maximum Gasteiger partial charge on any atom is 0.152 e. The van der Waals surface area contributed by atoms with E-state index < -0.39 is 0 Å². The van der Waals surface area contributed by atoms with E-state index in [2.05, 4.69) is 24.3 Å². The molecule has 0 aliphatic rings. The summed E-state index contributed by atoms with van der Waals surface area (Å²) in [6.07, 6.45) is 1.68. The lowest BCUT2D eigenvalue weighted by Crippen LogP contribution is -1.87. The molecule has 0 saturated heterocycles. The molecule has 2 rings (SSSR count). The van der Waals surface area contributed by atoms with Crippen LogP contribution in [0.4, 0.5) is 0 Å². The molecule has 0 saturated carbocycles. The van der Waals surface area contributed by atoms with Gasteiger partial charge in [0, 0.05) is 0 Å². The zero-order chi connectivity index (χ0) is 11.5. The van der Waals surface area contributed by atoms with Crippen molar-refractivity contribution >= 4 is 22.1 Å². The van der Waals surface area contributed by atoms with Crippen molar-refractivity contribution in [2.24, 2.45) is 0 Å².